The molecule has 1 unspecified atom stereocenters. The number of aliphatic hydroxyl groups excluding tert-OH is 1. The Morgan fingerprint density at radius 2 is 1.68 bits per heavy atom. The summed E-state index contributed by atoms with van der Waals surface area (Å²) in [7, 11) is 0. The summed E-state index contributed by atoms with van der Waals surface area (Å²) in [6.07, 6.45) is 0.375. The first kappa shape index (κ1) is 16.0. The molecule has 0 saturated carbocycles. The molecule has 0 amide bonds. The summed E-state index contributed by atoms with van der Waals surface area (Å²) in [5.41, 5.74) is 0.834. The molecule has 0 fully saturated rings. The molecule has 19 heavy (non-hydrogen) atoms. The second kappa shape index (κ2) is 9.78. The fourth-order valence-electron chi connectivity index (χ4n) is 1.56. The molecular weight excluding hydrogens is 244 g/mol. The van der Waals surface area contributed by atoms with Crippen LogP contribution in [0, 0.1) is 0 Å². The minimum atomic E-state index is -0.609. The third-order valence-corrected chi connectivity index (χ3v) is 2.59. The number of rotatable bonds is 10. The van der Waals surface area contributed by atoms with E-state index in [-0.39, 0.29) is 6.61 Å². The van der Waals surface area contributed by atoms with E-state index in [9.17, 15) is 5.11 Å². The normalized spacial score (nSPS) is 12.4. The molecule has 0 aliphatic carbocycles. The molecule has 4 nitrogen and oxygen atoms in total. The smallest absolute Gasteiger partial charge is 0.119 e. The van der Waals surface area contributed by atoms with Gasteiger partial charge in [0.15, 0.2) is 0 Å². The van der Waals surface area contributed by atoms with Crippen LogP contribution in [0.5, 0.6) is 5.75 Å². The predicted octanol–water partition coefficient (Wildman–Crippen LogP) is 2.56. The van der Waals surface area contributed by atoms with Crippen molar-refractivity contribution in [3.05, 3.63) is 29.8 Å². The van der Waals surface area contributed by atoms with Crippen LogP contribution in [0.4, 0.5) is 0 Å². The van der Waals surface area contributed by atoms with Crippen molar-refractivity contribution in [3.63, 3.8) is 0 Å². The summed E-state index contributed by atoms with van der Waals surface area (Å²) in [4.78, 5) is 0. The Bertz CT molecular complexity index is 323. The summed E-state index contributed by atoms with van der Waals surface area (Å²) in [5.74, 6) is 0.829. The molecule has 1 N–H and O–H groups in total. The Balaban J connectivity index is 2.29. The minimum Gasteiger partial charge on any atom is -0.494 e. The van der Waals surface area contributed by atoms with Crippen LogP contribution in [0.15, 0.2) is 24.3 Å². The van der Waals surface area contributed by atoms with Crippen LogP contribution in [0.1, 0.15) is 31.9 Å². The maximum atomic E-state index is 9.94. The lowest BCUT2D eigenvalue weighted by Gasteiger charge is -2.12. The highest BCUT2D eigenvalue weighted by molar-refractivity contribution is 5.28. The number of ether oxygens (including phenoxy) is 3. The van der Waals surface area contributed by atoms with E-state index in [1.807, 2.05) is 31.2 Å². The van der Waals surface area contributed by atoms with Gasteiger partial charge in [0.1, 0.15) is 11.9 Å². The van der Waals surface area contributed by atoms with E-state index in [1.165, 1.54) is 0 Å². The SMILES string of the molecule is CCCOc1ccc(C(O)COCCOCC)cc1. The Kier molecular flexibility index (Phi) is 8.21. The molecule has 1 atom stereocenters. The summed E-state index contributed by atoms with van der Waals surface area (Å²) in [6, 6.07) is 7.46. The number of aliphatic hydroxyl groups is 1. The lowest BCUT2D eigenvalue weighted by Crippen LogP contribution is -2.11. The average Bonchev–Trinajstić information content (AvgIpc) is 2.45. The highest BCUT2D eigenvalue weighted by Gasteiger charge is 2.07. The van der Waals surface area contributed by atoms with Crippen molar-refractivity contribution in [2.24, 2.45) is 0 Å². The molecule has 1 aromatic carbocycles. The molecule has 0 saturated heterocycles. The second-order valence-electron chi connectivity index (χ2n) is 4.21. The van der Waals surface area contributed by atoms with E-state index in [0.29, 0.717) is 26.4 Å². The van der Waals surface area contributed by atoms with Crippen LogP contribution >= 0.6 is 0 Å². The van der Waals surface area contributed by atoms with Gasteiger partial charge in [-0.15, -0.1) is 0 Å². The van der Waals surface area contributed by atoms with Gasteiger partial charge in [0.25, 0.3) is 0 Å². The molecule has 108 valence electrons. The molecule has 0 aromatic heterocycles. The molecule has 1 aromatic rings. The number of hydrogen-bond acceptors (Lipinski definition) is 4. The summed E-state index contributed by atoms with van der Waals surface area (Å²) < 4.78 is 16.0. The highest BCUT2D eigenvalue weighted by atomic mass is 16.5. The van der Waals surface area contributed by atoms with Crippen LogP contribution < -0.4 is 4.74 Å². The zero-order valence-electron chi connectivity index (χ0n) is 11.8. The highest BCUT2D eigenvalue weighted by Crippen LogP contribution is 2.18. The molecule has 0 aliphatic heterocycles. The van der Waals surface area contributed by atoms with Gasteiger partial charge in [0.2, 0.25) is 0 Å². The zero-order valence-corrected chi connectivity index (χ0v) is 11.8. The Hall–Kier alpha value is -1.10. The Morgan fingerprint density at radius 1 is 1.00 bits per heavy atom. The first-order valence-corrected chi connectivity index (χ1v) is 6.84. The molecule has 0 aliphatic rings. The van der Waals surface area contributed by atoms with Gasteiger partial charge in [0, 0.05) is 6.61 Å². The van der Waals surface area contributed by atoms with Gasteiger partial charge in [-0.3, -0.25) is 0 Å². The van der Waals surface area contributed by atoms with Gasteiger partial charge in [-0.1, -0.05) is 19.1 Å². The van der Waals surface area contributed by atoms with Crippen LogP contribution in [0.3, 0.4) is 0 Å². The van der Waals surface area contributed by atoms with E-state index in [1.54, 1.807) is 0 Å². The lowest BCUT2D eigenvalue weighted by molar-refractivity contribution is 0.00530. The van der Waals surface area contributed by atoms with Crippen molar-refractivity contribution in [1.82, 2.24) is 0 Å². The van der Waals surface area contributed by atoms with Crippen molar-refractivity contribution >= 4 is 0 Å². The summed E-state index contributed by atoms with van der Waals surface area (Å²) in [6.45, 7) is 6.75. The van der Waals surface area contributed by atoms with Gasteiger partial charge in [-0.2, -0.15) is 0 Å². The van der Waals surface area contributed by atoms with Crippen LogP contribution in [0.2, 0.25) is 0 Å². The van der Waals surface area contributed by atoms with E-state index >= 15 is 0 Å². The van der Waals surface area contributed by atoms with E-state index in [0.717, 1.165) is 17.7 Å². The van der Waals surface area contributed by atoms with E-state index in [2.05, 4.69) is 6.92 Å². The predicted molar refractivity (Wildman–Crippen MR) is 74.5 cm³/mol. The minimum absolute atomic E-state index is 0.280. The maximum absolute atomic E-state index is 9.94. The average molecular weight is 268 g/mol. The largest absolute Gasteiger partial charge is 0.494 e. The zero-order chi connectivity index (χ0) is 13.9. The topological polar surface area (TPSA) is 47.9 Å². The monoisotopic (exact) mass is 268 g/mol. The Morgan fingerprint density at radius 3 is 2.32 bits per heavy atom. The summed E-state index contributed by atoms with van der Waals surface area (Å²) in [5, 5.41) is 9.94. The van der Waals surface area contributed by atoms with Crippen molar-refractivity contribution in [1.29, 1.82) is 0 Å². The van der Waals surface area contributed by atoms with Crippen molar-refractivity contribution in [2.75, 3.05) is 33.0 Å². The maximum Gasteiger partial charge on any atom is 0.119 e. The third-order valence-electron chi connectivity index (χ3n) is 2.59. The van der Waals surface area contributed by atoms with Gasteiger partial charge >= 0.3 is 0 Å². The fraction of sp³-hybridized carbons (Fsp3) is 0.600. The first-order chi connectivity index (χ1) is 9.27. The van der Waals surface area contributed by atoms with Crippen molar-refractivity contribution in [2.45, 2.75) is 26.4 Å². The third kappa shape index (κ3) is 6.57. The quantitative estimate of drug-likeness (QED) is 0.663. The standard InChI is InChI=1S/C15H24O4/c1-3-9-19-14-7-5-13(6-8-14)15(16)12-18-11-10-17-4-2/h5-8,15-16H,3-4,9-12H2,1-2H3. The lowest BCUT2D eigenvalue weighted by atomic mass is 10.1. The van der Waals surface area contributed by atoms with Crippen molar-refractivity contribution < 1.29 is 19.3 Å². The van der Waals surface area contributed by atoms with E-state index in [4.69, 9.17) is 14.2 Å². The van der Waals surface area contributed by atoms with Crippen LogP contribution in [-0.4, -0.2) is 38.1 Å². The molecule has 0 radical (unpaired) electrons. The first-order valence-electron chi connectivity index (χ1n) is 6.84. The number of benzene rings is 1. The van der Waals surface area contributed by atoms with Gasteiger partial charge in [-0.05, 0) is 31.0 Å². The molecule has 0 spiro atoms. The molecule has 0 bridgehead atoms. The molecule has 1 rings (SSSR count). The van der Waals surface area contributed by atoms with Crippen LogP contribution in [0.25, 0.3) is 0 Å². The molecule has 0 heterocycles. The van der Waals surface area contributed by atoms with Crippen molar-refractivity contribution in [3.8, 4) is 5.75 Å². The number of hydrogen-bond donors (Lipinski definition) is 1. The molecular formula is C15H24O4. The Labute approximate surface area is 115 Å². The summed E-state index contributed by atoms with van der Waals surface area (Å²) >= 11 is 0. The van der Waals surface area contributed by atoms with E-state index < -0.39 is 6.10 Å². The second-order valence-corrected chi connectivity index (χ2v) is 4.21. The van der Waals surface area contributed by atoms with Gasteiger partial charge < -0.3 is 19.3 Å². The van der Waals surface area contributed by atoms with Gasteiger partial charge in [-0.25, -0.2) is 0 Å². The fourth-order valence-corrected chi connectivity index (χ4v) is 1.56. The van der Waals surface area contributed by atoms with Crippen LogP contribution in [-0.2, 0) is 9.47 Å². The van der Waals surface area contributed by atoms with Gasteiger partial charge in [0.05, 0.1) is 26.4 Å². The molecule has 4 heteroatoms.